The first-order valence-electron chi connectivity index (χ1n) is 4.42. The molecule has 2 N–H and O–H groups in total. The van der Waals surface area contributed by atoms with Gasteiger partial charge in [0.25, 0.3) is 0 Å². The molecule has 82 valence electrons. The van der Waals surface area contributed by atoms with Gasteiger partial charge in [0.05, 0.1) is 12.1 Å². The summed E-state index contributed by atoms with van der Waals surface area (Å²) in [6.07, 6.45) is 0.679. The maximum absolute atomic E-state index is 8.49. The first kappa shape index (κ1) is 12.2. The molecule has 0 spiro atoms. The topological polar surface area (TPSA) is 78.8 Å². The molecule has 0 aliphatic carbocycles. The Balaban J connectivity index is 2.35. The lowest BCUT2D eigenvalue weighted by Gasteiger charge is -2.03. The molecule has 1 unspecified atom stereocenters. The number of aromatic nitrogens is 2. The Hall–Kier alpha value is -0.840. The van der Waals surface area contributed by atoms with Gasteiger partial charge in [0, 0.05) is 19.8 Å². The number of rotatable bonds is 5. The summed E-state index contributed by atoms with van der Waals surface area (Å²) in [5.41, 5.74) is 5.48. The number of nitrogens with zero attached hydrogens (tertiary/aromatic N) is 4. The van der Waals surface area contributed by atoms with E-state index in [9.17, 15) is 0 Å². The Bertz CT molecular complexity index is 343. The summed E-state index contributed by atoms with van der Waals surface area (Å²) in [7, 11) is 3.86. The maximum Gasteiger partial charge on any atom is 0.208 e. The van der Waals surface area contributed by atoms with E-state index in [2.05, 4.69) is 10.2 Å². The van der Waals surface area contributed by atoms with Crippen molar-refractivity contribution in [1.29, 1.82) is 5.26 Å². The van der Waals surface area contributed by atoms with Crippen LogP contribution in [0.2, 0.25) is 0 Å². The van der Waals surface area contributed by atoms with E-state index in [4.69, 9.17) is 11.0 Å². The Morgan fingerprint density at radius 3 is 2.87 bits per heavy atom. The van der Waals surface area contributed by atoms with Crippen molar-refractivity contribution in [3.8, 4) is 6.07 Å². The van der Waals surface area contributed by atoms with Crippen molar-refractivity contribution in [3.05, 3.63) is 0 Å². The second kappa shape index (κ2) is 5.90. The highest BCUT2D eigenvalue weighted by Gasteiger charge is 2.07. The van der Waals surface area contributed by atoms with E-state index in [1.807, 2.05) is 25.1 Å². The smallest absolute Gasteiger partial charge is 0.208 e. The third kappa shape index (κ3) is 4.03. The molecule has 0 aliphatic rings. The van der Waals surface area contributed by atoms with Crippen LogP contribution in [0.1, 0.15) is 6.42 Å². The van der Waals surface area contributed by atoms with Gasteiger partial charge in [-0.15, -0.1) is 10.2 Å². The van der Waals surface area contributed by atoms with Crippen LogP contribution in [-0.4, -0.2) is 36.1 Å². The fraction of sp³-hybridized carbons (Fsp3) is 0.625. The van der Waals surface area contributed by atoms with Gasteiger partial charge >= 0.3 is 0 Å². The molecule has 5 nitrogen and oxygen atoms in total. The van der Waals surface area contributed by atoms with Crippen LogP contribution in [0.15, 0.2) is 4.34 Å². The SMILES string of the molecule is CN(C)c1nnc(SCCC(N)C#N)s1. The normalized spacial score (nSPS) is 12.1. The second-order valence-corrected chi connectivity index (χ2v) is 5.42. The third-order valence-corrected chi connectivity index (χ3v) is 3.86. The monoisotopic (exact) mass is 243 g/mol. The molecule has 0 aromatic carbocycles. The van der Waals surface area contributed by atoms with Crippen LogP contribution < -0.4 is 10.6 Å². The zero-order chi connectivity index (χ0) is 11.3. The number of hydrogen-bond acceptors (Lipinski definition) is 7. The van der Waals surface area contributed by atoms with Crippen molar-refractivity contribution >= 4 is 28.2 Å². The summed E-state index contributed by atoms with van der Waals surface area (Å²) < 4.78 is 0.920. The number of thioether (sulfide) groups is 1. The van der Waals surface area contributed by atoms with E-state index in [-0.39, 0.29) is 6.04 Å². The summed E-state index contributed by atoms with van der Waals surface area (Å²) >= 11 is 3.13. The highest BCUT2D eigenvalue weighted by atomic mass is 32.2. The predicted octanol–water partition coefficient (Wildman–Crippen LogP) is 0.937. The number of nitriles is 1. The third-order valence-electron chi connectivity index (χ3n) is 1.60. The lowest BCUT2D eigenvalue weighted by molar-refractivity contribution is 0.802. The van der Waals surface area contributed by atoms with E-state index < -0.39 is 0 Å². The highest BCUT2D eigenvalue weighted by molar-refractivity contribution is 8.01. The zero-order valence-corrected chi connectivity index (χ0v) is 10.3. The molecular weight excluding hydrogens is 230 g/mol. The molecule has 0 radical (unpaired) electrons. The average molecular weight is 243 g/mol. The van der Waals surface area contributed by atoms with Gasteiger partial charge < -0.3 is 10.6 Å². The van der Waals surface area contributed by atoms with E-state index in [0.717, 1.165) is 15.2 Å². The minimum Gasteiger partial charge on any atom is -0.353 e. The summed E-state index contributed by atoms with van der Waals surface area (Å²) in [4.78, 5) is 1.92. The van der Waals surface area contributed by atoms with Crippen LogP contribution >= 0.6 is 23.1 Å². The van der Waals surface area contributed by atoms with Gasteiger partial charge in [0.15, 0.2) is 4.34 Å². The van der Waals surface area contributed by atoms with E-state index in [1.165, 1.54) is 0 Å². The number of hydrogen-bond donors (Lipinski definition) is 1. The van der Waals surface area contributed by atoms with Crippen molar-refractivity contribution < 1.29 is 0 Å². The molecule has 15 heavy (non-hydrogen) atoms. The van der Waals surface area contributed by atoms with Gasteiger partial charge in [-0.3, -0.25) is 0 Å². The molecule has 0 amide bonds. The largest absolute Gasteiger partial charge is 0.353 e. The molecule has 0 aliphatic heterocycles. The van der Waals surface area contributed by atoms with Crippen molar-refractivity contribution in [2.75, 3.05) is 24.7 Å². The Morgan fingerprint density at radius 1 is 1.60 bits per heavy atom. The number of nitrogens with two attached hydrogens (primary N) is 1. The van der Waals surface area contributed by atoms with Crippen LogP contribution in [0.3, 0.4) is 0 Å². The van der Waals surface area contributed by atoms with Crippen LogP contribution in [-0.2, 0) is 0 Å². The molecule has 1 aromatic rings. The van der Waals surface area contributed by atoms with Gasteiger partial charge in [0.1, 0.15) is 0 Å². The maximum atomic E-state index is 8.49. The minimum atomic E-state index is -0.376. The molecule has 1 heterocycles. The lowest BCUT2D eigenvalue weighted by Crippen LogP contribution is -2.17. The Morgan fingerprint density at radius 2 is 2.33 bits per heavy atom. The van der Waals surface area contributed by atoms with Gasteiger partial charge in [-0.25, -0.2) is 0 Å². The van der Waals surface area contributed by atoms with Crippen LogP contribution in [0.25, 0.3) is 0 Å². The lowest BCUT2D eigenvalue weighted by atomic mass is 10.3. The van der Waals surface area contributed by atoms with E-state index in [0.29, 0.717) is 6.42 Å². The molecule has 0 saturated carbocycles. The van der Waals surface area contributed by atoms with Gasteiger partial charge in [-0.1, -0.05) is 23.1 Å². The van der Waals surface area contributed by atoms with Crippen molar-refractivity contribution in [2.45, 2.75) is 16.8 Å². The highest BCUT2D eigenvalue weighted by Crippen LogP contribution is 2.27. The molecule has 0 saturated heterocycles. The first-order valence-corrected chi connectivity index (χ1v) is 6.22. The molecule has 1 atom stereocenters. The van der Waals surface area contributed by atoms with Crippen molar-refractivity contribution in [2.24, 2.45) is 5.73 Å². The molecule has 1 rings (SSSR count). The summed E-state index contributed by atoms with van der Waals surface area (Å²) in [6.45, 7) is 0. The van der Waals surface area contributed by atoms with E-state index in [1.54, 1.807) is 23.1 Å². The summed E-state index contributed by atoms with van der Waals surface area (Å²) in [5.74, 6) is 0.802. The molecule has 0 bridgehead atoms. The molecular formula is C8H13N5S2. The van der Waals surface area contributed by atoms with Gasteiger partial charge in [-0.05, 0) is 6.42 Å². The minimum absolute atomic E-state index is 0.376. The number of anilines is 1. The first-order chi connectivity index (χ1) is 7.13. The standard InChI is InChI=1S/C8H13N5S2/c1-13(2)7-11-12-8(15-7)14-4-3-6(10)5-9/h6H,3-4,10H2,1-2H3. The van der Waals surface area contributed by atoms with Crippen molar-refractivity contribution in [1.82, 2.24) is 10.2 Å². The second-order valence-electron chi connectivity index (χ2n) is 3.12. The van der Waals surface area contributed by atoms with Crippen LogP contribution in [0, 0.1) is 11.3 Å². The fourth-order valence-corrected chi connectivity index (χ4v) is 2.64. The quantitative estimate of drug-likeness (QED) is 0.775. The van der Waals surface area contributed by atoms with Gasteiger partial charge in [0.2, 0.25) is 5.13 Å². The zero-order valence-electron chi connectivity index (χ0n) is 8.67. The fourth-order valence-electron chi connectivity index (χ4n) is 0.779. The van der Waals surface area contributed by atoms with Crippen LogP contribution in [0.5, 0.6) is 0 Å². The van der Waals surface area contributed by atoms with E-state index >= 15 is 0 Å². The predicted molar refractivity (Wildman–Crippen MR) is 63.2 cm³/mol. The average Bonchev–Trinajstić information content (AvgIpc) is 2.66. The Labute approximate surface area is 97.3 Å². The molecule has 7 heteroatoms. The molecule has 0 fully saturated rings. The van der Waals surface area contributed by atoms with Gasteiger partial charge in [-0.2, -0.15) is 5.26 Å². The Kier molecular flexibility index (Phi) is 4.81. The summed E-state index contributed by atoms with van der Waals surface area (Å²) in [5, 5.41) is 17.4. The van der Waals surface area contributed by atoms with Crippen LogP contribution in [0.4, 0.5) is 5.13 Å². The summed E-state index contributed by atoms with van der Waals surface area (Å²) in [6, 6.07) is 1.62. The van der Waals surface area contributed by atoms with Crippen molar-refractivity contribution in [3.63, 3.8) is 0 Å². The molecule has 1 aromatic heterocycles.